The Morgan fingerprint density at radius 3 is 2.81 bits per heavy atom. The number of aryl methyl sites for hydroxylation is 1. The molecule has 0 atom stereocenters. The monoisotopic (exact) mass is 471 g/mol. The molecule has 32 heavy (non-hydrogen) atoms. The molecule has 10 heteroatoms. The van der Waals surface area contributed by atoms with Gasteiger partial charge < -0.3 is 10.1 Å². The molecule has 2 aromatic carbocycles. The van der Waals surface area contributed by atoms with Crippen molar-refractivity contribution in [1.29, 1.82) is 0 Å². The summed E-state index contributed by atoms with van der Waals surface area (Å²) in [5, 5.41) is 10.9. The summed E-state index contributed by atoms with van der Waals surface area (Å²) in [6, 6.07) is 12.7. The molecule has 3 aromatic rings. The molecule has 2 N–H and O–H groups in total. The van der Waals surface area contributed by atoms with Gasteiger partial charge >= 0.3 is 0 Å². The van der Waals surface area contributed by atoms with Gasteiger partial charge in [-0.2, -0.15) is 0 Å². The van der Waals surface area contributed by atoms with Crippen molar-refractivity contribution in [3.63, 3.8) is 0 Å². The number of H-pyrrole nitrogens is 1. The summed E-state index contributed by atoms with van der Waals surface area (Å²) < 4.78 is 5.72. The molecule has 0 bridgehead atoms. The number of amides is 2. The smallest absolute Gasteiger partial charge is 0.250 e. The summed E-state index contributed by atoms with van der Waals surface area (Å²) in [5.41, 5.74) is 1.20. The highest BCUT2D eigenvalue weighted by molar-refractivity contribution is 7.99. The van der Waals surface area contributed by atoms with Gasteiger partial charge in [0.2, 0.25) is 17.0 Å². The van der Waals surface area contributed by atoms with E-state index in [1.165, 1.54) is 16.7 Å². The van der Waals surface area contributed by atoms with E-state index >= 15 is 0 Å². The molecule has 0 radical (unpaired) electrons. The fourth-order valence-electron chi connectivity index (χ4n) is 3.35. The van der Waals surface area contributed by atoms with Crippen LogP contribution in [-0.2, 0) is 16.2 Å². The van der Waals surface area contributed by atoms with Crippen LogP contribution in [0.4, 0.5) is 11.4 Å². The Hall–Kier alpha value is -3.04. The van der Waals surface area contributed by atoms with Crippen molar-refractivity contribution in [1.82, 2.24) is 15.2 Å². The third kappa shape index (κ3) is 4.44. The number of thioether (sulfide) groups is 1. The normalized spacial score (nSPS) is 14.6. The molecule has 8 nitrogen and oxygen atoms in total. The first-order valence-electron chi connectivity index (χ1n) is 9.92. The number of para-hydroxylation sites is 2. The van der Waals surface area contributed by atoms with E-state index in [0.717, 1.165) is 5.56 Å². The van der Waals surface area contributed by atoms with Gasteiger partial charge in [-0.05, 0) is 56.7 Å². The predicted octanol–water partition coefficient (Wildman–Crippen LogP) is 4.20. The van der Waals surface area contributed by atoms with Gasteiger partial charge in [-0.15, -0.1) is 5.10 Å². The molecule has 1 aromatic heterocycles. The van der Waals surface area contributed by atoms with Crippen molar-refractivity contribution in [2.75, 3.05) is 16.0 Å². The molecule has 4 rings (SSSR count). The molecule has 166 valence electrons. The molecule has 0 unspecified atom stereocenters. The number of carbonyl (C=O) groups excluding carboxylic acids is 2. The number of halogens is 1. The number of nitrogens with one attached hydrogen (secondary N) is 2. The number of aromatic amines is 1. The summed E-state index contributed by atoms with van der Waals surface area (Å²) >= 11 is 7.23. The van der Waals surface area contributed by atoms with E-state index in [9.17, 15) is 9.59 Å². The topological polar surface area (TPSA) is 100 Å². The van der Waals surface area contributed by atoms with Crippen molar-refractivity contribution in [2.45, 2.75) is 38.1 Å². The van der Waals surface area contributed by atoms with E-state index in [2.05, 4.69) is 20.5 Å². The molecule has 0 aliphatic carbocycles. The lowest BCUT2D eigenvalue weighted by Crippen LogP contribution is -2.58. The number of hydrogen-bond acceptors (Lipinski definition) is 6. The van der Waals surface area contributed by atoms with E-state index in [1.807, 2.05) is 31.2 Å². The Morgan fingerprint density at radius 1 is 1.25 bits per heavy atom. The number of hydrogen-bond donors (Lipinski definition) is 2. The molecule has 0 saturated carbocycles. The van der Waals surface area contributed by atoms with Gasteiger partial charge in [0.1, 0.15) is 17.9 Å². The van der Waals surface area contributed by atoms with Gasteiger partial charge in [-0.3, -0.25) is 19.6 Å². The zero-order valence-corrected chi connectivity index (χ0v) is 19.4. The maximum Gasteiger partial charge on any atom is 0.250 e. The zero-order valence-electron chi connectivity index (χ0n) is 17.8. The molecular weight excluding hydrogens is 450 g/mol. The molecule has 0 saturated heterocycles. The van der Waals surface area contributed by atoms with Crippen LogP contribution in [0.15, 0.2) is 47.6 Å². The van der Waals surface area contributed by atoms with E-state index in [4.69, 9.17) is 16.3 Å². The number of benzene rings is 2. The third-order valence-corrected chi connectivity index (χ3v) is 6.35. The molecule has 1 aliphatic heterocycles. The minimum absolute atomic E-state index is 0.0829. The molecular formula is C22H22ClN5O3S. The summed E-state index contributed by atoms with van der Waals surface area (Å²) in [4.78, 5) is 31.5. The van der Waals surface area contributed by atoms with Crippen molar-refractivity contribution in [3.05, 3.63) is 58.9 Å². The van der Waals surface area contributed by atoms with Crippen molar-refractivity contribution in [2.24, 2.45) is 0 Å². The van der Waals surface area contributed by atoms with E-state index < -0.39 is 5.54 Å². The fraction of sp³-hybridized carbons (Fsp3) is 0.273. The van der Waals surface area contributed by atoms with Crippen LogP contribution in [0.2, 0.25) is 5.02 Å². The van der Waals surface area contributed by atoms with Crippen molar-refractivity contribution in [3.8, 4) is 5.75 Å². The van der Waals surface area contributed by atoms with E-state index in [0.29, 0.717) is 33.1 Å². The number of aromatic nitrogens is 3. The summed E-state index contributed by atoms with van der Waals surface area (Å²) in [7, 11) is 0. The highest BCUT2D eigenvalue weighted by atomic mass is 35.5. The maximum atomic E-state index is 13.1. The Bertz CT molecular complexity index is 1180. The van der Waals surface area contributed by atoms with E-state index in [-0.39, 0.29) is 24.2 Å². The van der Waals surface area contributed by atoms with Crippen LogP contribution in [0.5, 0.6) is 5.75 Å². The van der Waals surface area contributed by atoms with Gasteiger partial charge in [-0.1, -0.05) is 35.5 Å². The average molecular weight is 472 g/mol. The van der Waals surface area contributed by atoms with Gasteiger partial charge in [0.05, 0.1) is 17.1 Å². The average Bonchev–Trinajstić information content (AvgIpc) is 3.21. The van der Waals surface area contributed by atoms with Gasteiger partial charge in [0.15, 0.2) is 5.82 Å². The first-order valence-corrected chi connectivity index (χ1v) is 11.3. The minimum Gasteiger partial charge on any atom is -0.486 e. The SMILES string of the molecule is Cc1cc(OCc2nc(SCC(=O)N3c4ccccc4NC(=O)C3(C)C)n[nH]2)ccc1Cl. The zero-order chi connectivity index (χ0) is 22.9. The Kier molecular flexibility index (Phi) is 6.12. The molecule has 0 spiro atoms. The van der Waals surface area contributed by atoms with Crippen molar-refractivity contribution < 1.29 is 14.3 Å². The lowest BCUT2D eigenvalue weighted by molar-refractivity contribution is -0.125. The first kappa shape index (κ1) is 22.2. The number of carbonyl (C=O) groups is 2. The second kappa shape index (κ2) is 8.84. The second-order valence-corrected chi connectivity index (χ2v) is 9.16. The Morgan fingerprint density at radius 2 is 2.03 bits per heavy atom. The van der Waals surface area contributed by atoms with Crippen LogP contribution in [0.25, 0.3) is 0 Å². The van der Waals surface area contributed by atoms with Gasteiger partial charge in [0.25, 0.3) is 0 Å². The molecule has 2 heterocycles. The number of fused-ring (bicyclic) bond motifs is 1. The van der Waals surface area contributed by atoms with Crippen LogP contribution in [0.1, 0.15) is 25.2 Å². The maximum absolute atomic E-state index is 13.1. The standard InChI is InChI=1S/C22H22ClN5O3S/c1-13-10-14(8-9-15(13)23)31-11-18-25-21(27-26-18)32-12-19(29)28-17-7-5-4-6-16(17)24-20(30)22(28,2)3/h4-10H,11-12H2,1-3H3,(H,24,30)(H,25,26,27). The van der Waals surface area contributed by atoms with Crippen LogP contribution >= 0.6 is 23.4 Å². The Labute approximate surface area is 194 Å². The molecule has 1 aliphatic rings. The second-order valence-electron chi connectivity index (χ2n) is 7.81. The number of anilines is 2. The lowest BCUT2D eigenvalue weighted by atomic mass is 9.96. The quantitative estimate of drug-likeness (QED) is 0.522. The number of ether oxygens (including phenoxy) is 1. The predicted molar refractivity (Wildman–Crippen MR) is 124 cm³/mol. The van der Waals surface area contributed by atoms with Crippen LogP contribution in [-0.4, -0.2) is 38.3 Å². The largest absolute Gasteiger partial charge is 0.486 e. The summed E-state index contributed by atoms with van der Waals surface area (Å²) in [6.45, 7) is 5.55. The summed E-state index contributed by atoms with van der Waals surface area (Å²) in [6.07, 6.45) is 0. The van der Waals surface area contributed by atoms with Crippen LogP contribution < -0.4 is 15.0 Å². The van der Waals surface area contributed by atoms with E-state index in [1.54, 1.807) is 32.0 Å². The minimum atomic E-state index is -1.01. The van der Waals surface area contributed by atoms with Crippen molar-refractivity contribution >= 4 is 46.6 Å². The van der Waals surface area contributed by atoms with Gasteiger partial charge in [0, 0.05) is 5.02 Å². The lowest BCUT2D eigenvalue weighted by Gasteiger charge is -2.42. The fourth-order valence-corrected chi connectivity index (χ4v) is 4.14. The first-order chi connectivity index (χ1) is 15.3. The highest BCUT2D eigenvalue weighted by Crippen LogP contribution is 2.37. The number of rotatable bonds is 6. The third-order valence-electron chi connectivity index (χ3n) is 5.10. The van der Waals surface area contributed by atoms with Crippen LogP contribution in [0.3, 0.4) is 0 Å². The number of nitrogens with zero attached hydrogens (tertiary/aromatic N) is 3. The molecule has 2 amide bonds. The van der Waals surface area contributed by atoms with Gasteiger partial charge in [-0.25, -0.2) is 4.98 Å². The van der Waals surface area contributed by atoms with Crippen LogP contribution in [0, 0.1) is 6.92 Å². The summed E-state index contributed by atoms with van der Waals surface area (Å²) in [5.74, 6) is 0.859. The highest BCUT2D eigenvalue weighted by Gasteiger charge is 2.43. The molecule has 0 fully saturated rings. The Balaban J connectivity index is 1.40.